The van der Waals surface area contributed by atoms with Crippen molar-refractivity contribution in [1.82, 2.24) is 4.90 Å². The van der Waals surface area contributed by atoms with Crippen LogP contribution in [0.5, 0.6) is 0 Å². The number of hydrogen-bond donors (Lipinski definition) is 0. The van der Waals surface area contributed by atoms with E-state index in [1.165, 1.54) is 22.3 Å². The van der Waals surface area contributed by atoms with E-state index in [2.05, 4.69) is 60.4 Å². The standard InChI is InChI=1S/C19H19NO/c1-13-6-8-14(9-7-13)17-11-19(21)20-12-16-5-3-2-4-15(16)10-18(17)20/h2-9,17-18H,10-12H2,1H3. The number of fused-ring (bicyclic) bond motifs is 2. The summed E-state index contributed by atoms with van der Waals surface area (Å²) in [5.74, 6) is 0.645. The van der Waals surface area contributed by atoms with E-state index in [-0.39, 0.29) is 0 Å². The molecule has 4 rings (SSSR count). The fraction of sp³-hybridized carbons (Fsp3) is 0.316. The number of carbonyl (C=O) groups excluding carboxylic acids is 1. The van der Waals surface area contributed by atoms with Crippen molar-refractivity contribution in [3.05, 3.63) is 70.8 Å². The van der Waals surface area contributed by atoms with Crippen molar-refractivity contribution in [2.45, 2.75) is 38.3 Å². The molecule has 1 fully saturated rings. The van der Waals surface area contributed by atoms with Crippen LogP contribution in [0.25, 0.3) is 0 Å². The zero-order valence-corrected chi connectivity index (χ0v) is 12.3. The van der Waals surface area contributed by atoms with Crippen LogP contribution in [-0.2, 0) is 17.8 Å². The van der Waals surface area contributed by atoms with Crippen molar-refractivity contribution in [2.75, 3.05) is 0 Å². The number of aryl methyl sites for hydroxylation is 1. The Labute approximate surface area is 125 Å². The van der Waals surface area contributed by atoms with Gasteiger partial charge in [0.05, 0.1) is 0 Å². The number of benzene rings is 2. The number of carbonyl (C=O) groups is 1. The van der Waals surface area contributed by atoms with Gasteiger partial charge in [0.2, 0.25) is 5.91 Å². The Morgan fingerprint density at radius 1 is 0.952 bits per heavy atom. The van der Waals surface area contributed by atoms with Crippen LogP contribution in [0.3, 0.4) is 0 Å². The van der Waals surface area contributed by atoms with E-state index < -0.39 is 0 Å². The lowest BCUT2D eigenvalue weighted by atomic mass is 9.85. The minimum atomic E-state index is 0.306. The van der Waals surface area contributed by atoms with Crippen LogP contribution in [-0.4, -0.2) is 16.8 Å². The molecule has 2 aliphatic rings. The second-order valence-corrected chi connectivity index (χ2v) is 6.28. The molecular weight excluding hydrogens is 258 g/mol. The Bertz CT molecular complexity index is 689. The van der Waals surface area contributed by atoms with E-state index in [0.29, 0.717) is 24.3 Å². The third-order valence-corrected chi connectivity index (χ3v) is 4.97. The predicted octanol–water partition coefficient (Wildman–Crippen LogP) is 3.44. The highest BCUT2D eigenvalue weighted by molar-refractivity contribution is 5.81. The third-order valence-electron chi connectivity index (χ3n) is 4.97. The summed E-state index contributed by atoms with van der Waals surface area (Å²) in [6.07, 6.45) is 1.64. The lowest BCUT2D eigenvalue weighted by Gasteiger charge is -2.34. The van der Waals surface area contributed by atoms with Gasteiger partial charge in [-0.05, 0) is 30.0 Å². The van der Waals surface area contributed by atoms with E-state index >= 15 is 0 Å². The molecule has 0 N–H and O–H groups in total. The van der Waals surface area contributed by atoms with Crippen molar-refractivity contribution in [1.29, 1.82) is 0 Å². The highest BCUT2D eigenvalue weighted by Crippen LogP contribution is 2.40. The Balaban J connectivity index is 1.70. The summed E-state index contributed by atoms with van der Waals surface area (Å²) >= 11 is 0. The van der Waals surface area contributed by atoms with E-state index in [1.807, 2.05) is 0 Å². The molecule has 2 nitrogen and oxygen atoms in total. The summed E-state index contributed by atoms with van der Waals surface area (Å²) in [7, 11) is 0. The van der Waals surface area contributed by atoms with Crippen LogP contribution < -0.4 is 0 Å². The van der Waals surface area contributed by atoms with E-state index in [1.54, 1.807) is 0 Å². The van der Waals surface area contributed by atoms with Crippen LogP contribution in [0.4, 0.5) is 0 Å². The molecule has 21 heavy (non-hydrogen) atoms. The van der Waals surface area contributed by atoms with Crippen molar-refractivity contribution < 1.29 is 4.79 Å². The second-order valence-electron chi connectivity index (χ2n) is 6.28. The zero-order valence-electron chi connectivity index (χ0n) is 12.3. The molecule has 0 spiro atoms. The first-order chi connectivity index (χ1) is 10.2. The monoisotopic (exact) mass is 277 g/mol. The Morgan fingerprint density at radius 3 is 2.43 bits per heavy atom. The van der Waals surface area contributed by atoms with E-state index in [9.17, 15) is 4.79 Å². The first-order valence-corrected chi connectivity index (χ1v) is 7.65. The van der Waals surface area contributed by atoms with Gasteiger partial charge >= 0.3 is 0 Å². The maximum atomic E-state index is 12.4. The molecule has 2 aromatic carbocycles. The summed E-state index contributed by atoms with van der Waals surface area (Å²) in [6, 6.07) is 17.5. The van der Waals surface area contributed by atoms with Crippen LogP contribution >= 0.6 is 0 Å². The Morgan fingerprint density at radius 2 is 1.67 bits per heavy atom. The average Bonchev–Trinajstić information content (AvgIpc) is 2.83. The van der Waals surface area contributed by atoms with Crippen molar-refractivity contribution >= 4 is 5.91 Å². The van der Waals surface area contributed by atoms with E-state index in [0.717, 1.165) is 13.0 Å². The van der Waals surface area contributed by atoms with Gasteiger partial charge in [-0.2, -0.15) is 0 Å². The van der Waals surface area contributed by atoms with Crippen molar-refractivity contribution in [3.63, 3.8) is 0 Å². The summed E-state index contributed by atoms with van der Waals surface area (Å²) < 4.78 is 0. The summed E-state index contributed by atoms with van der Waals surface area (Å²) in [5, 5.41) is 0. The number of rotatable bonds is 1. The molecule has 2 unspecified atom stereocenters. The molecule has 2 heterocycles. The van der Waals surface area contributed by atoms with Gasteiger partial charge in [0.25, 0.3) is 0 Å². The van der Waals surface area contributed by atoms with Gasteiger partial charge in [0.15, 0.2) is 0 Å². The molecular formula is C19H19NO. The average molecular weight is 277 g/mol. The Kier molecular flexibility index (Phi) is 2.85. The molecule has 1 amide bonds. The predicted molar refractivity (Wildman–Crippen MR) is 83.0 cm³/mol. The van der Waals surface area contributed by atoms with E-state index in [4.69, 9.17) is 0 Å². The molecule has 2 aliphatic heterocycles. The number of amides is 1. The van der Waals surface area contributed by atoms with Crippen LogP contribution in [0.15, 0.2) is 48.5 Å². The number of hydrogen-bond acceptors (Lipinski definition) is 1. The normalized spacial score (nSPS) is 23.9. The van der Waals surface area contributed by atoms with Crippen LogP contribution in [0.1, 0.15) is 34.6 Å². The maximum Gasteiger partial charge on any atom is 0.223 e. The first-order valence-electron chi connectivity index (χ1n) is 7.65. The first kappa shape index (κ1) is 12.6. The largest absolute Gasteiger partial charge is 0.334 e. The maximum absolute atomic E-state index is 12.4. The molecule has 2 aromatic rings. The number of nitrogens with zero attached hydrogens (tertiary/aromatic N) is 1. The minimum absolute atomic E-state index is 0.306. The van der Waals surface area contributed by atoms with Gasteiger partial charge < -0.3 is 4.90 Å². The van der Waals surface area contributed by atoms with Gasteiger partial charge in [-0.25, -0.2) is 0 Å². The topological polar surface area (TPSA) is 20.3 Å². The summed E-state index contributed by atoms with van der Waals surface area (Å²) in [5.41, 5.74) is 5.30. The second kappa shape index (κ2) is 4.73. The highest BCUT2D eigenvalue weighted by Gasteiger charge is 2.42. The molecule has 2 heteroatoms. The van der Waals surface area contributed by atoms with Gasteiger partial charge in [-0.1, -0.05) is 54.1 Å². The summed E-state index contributed by atoms with van der Waals surface area (Å²) in [4.78, 5) is 14.5. The molecule has 0 bridgehead atoms. The molecule has 106 valence electrons. The SMILES string of the molecule is Cc1ccc(C2CC(=O)N3Cc4ccccc4CC23)cc1. The molecule has 0 aliphatic carbocycles. The molecule has 0 saturated carbocycles. The molecule has 0 radical (unpaired) electrons. The zero-order chi connectivity index (χ0) is 14.4. The third kappa shape index (κ3) is 2.06. The molecule has 0 aromatic heterocycles. The lowest BCUT2D eigenvalue weighted by molar-refractivity contribution is -0.129. The smallest absolute Gasteiger partial charge is 0.223 e. The quantitative estimate of drug-likeness (QED) is 0.782. The highest BCUT2D eigenvalue weighted by atomic mass is 16.2. The molecule has 2 atom stereocenters. The molecule has 1 saturated heterocycles. The van der Waals surface area contributed by atoms with Gasteiger partial charge in [-0.15, -0.1) is 0 Å². The van der Waals surface area contributed by atoms with Crippen LogP contribution in [0, 0.1) is 6.92 Å². The van der Waals surface area contributed by atoms with Gasteiger partial charge in [-0.3, -0.25) is 4.79 Å². The van der Waals surface area contributed by atoms with Crippen LogP contribution in [0.2, 0.25) is 0 Å². The van der Waals surface area contributed by atoms with Crippen molar-refractivity contribution in [2.24, 2.45) is 0 Å². The fourth-order valence-corrected chi connectivity index (χ4v) is 3.77. The fourth-order valence-electron chi connectivity index (χ4n) is 3.77. The van der Waals surface area contributed by atoms with Gasteiger partial charge in [0, 0.05) is 24.9 Å². The minimum Gasteiger partial charge on any atom is -0.334 e. The Hall–Kier alpha value is -2.09. The van der Waals surface area contributed by atoms with Crippen molar-refractivity contribution in [3.8, 4) is 0 Å². The summed E-state index contributed by atoms with van der Waals surface area (Å²) in [6.45, 7) is 2.88. The lowest BCUT2D eigenvalue weighted by Crippen LogP contribution is -2.39. The van der Waals surface area contributed by atoms with Gasteiger partial charge in [0.1, 0.15) is 0 Å².